The van der Waals surface area contributed by atoms with E-state index in [1.54, 1.807) is 4.90 Å². The van der Waals surface area contributed by atoms with Crippen LogP contribution in [0, 0.1) is 0 Å². The van der Waals surface area contributed by atoms with Crippen molar-refractivity contribution in [3.8, 4) is 5.75 Å². The number of benzene rings is 2. The monoisotopic (exact) mass is 406 g/mol. The molecule has 1 N–H and O–H groups in total. The molecule has 30 heavy (non-hydrogen) atoms. The van der Waals surface area contributed by atoms with Crippen LogP contribution in [-0.2, 0) is 22.6 Å². The molecule has 0 aromatic heterocycles. The largest absolute Gasteiger partial charge is 0.493 e. The molecule has 2 aromatic rings. The van der Waals surface area contributed by atoms with Crippen molar-refractivity contribution in [2.45, 2.75) is 13.0 Å². The van der Waals surface area contributed by atoms with E-state index in [2.05, 4.69) is 33.3 Å². The zero-order chi connectivity index (χ0) is 20.5. The molecule has 1 fully saturated rings. The van der Waals surface area contributed by atoms with Crippen LogP contribution < -0.4 is 15.0 Å². The Labute approximate surface area is 176 Å². The van der Waals surface area contributed by atoms with Crippen LogP contribution in [0.3, 0.4) is 0 Å². The van der Waals surface area contributed by atoms with Gasteiger partial charge in [-0.15, -0.1) is 0 Å². The normalized spacial score (nSPS) is 19.1. The average molecular weight is 406 g/mol. The Kier molecular flexibility index (Phi) is 5.14. The van der Waals surface area contributed by atoms with Gasteiger partial charge in [-0.05, 0) is 29.3 Å². The Hall–Kier alpha value is -2.90. The Morgan fingerprint density at radius 1 is 1.03 bits per heavy atom. The van der Waals surface area contributed by atoms with Crippen LogP contribution in [0.4, 0.5) is 11.4 Å². The second-order valence-corrected chi connectivity index (χ2v) is 8.14. The van der Waals surface area contributed by atoms with Crippen LogP contribution in [0.25, 0.3) is 0 Å². The number of nitrogens with zero attached hydrogens (tertiary/aromatic N) is 3. The summed E-state index contributed by atoms with van der Waals surface area (Å²) in [5, 5.41) is 2.83. The zero-order valence-corrected chi connectivity index (χ0v) is 17.0. The van der Waals surface area contributed by atoms with Gasteiger partial charge in [0.2, 0.25) is 11.8 Å². The fourth-order valence-corrected chi connectivity index (χ4v) is 4.43. The minimum absolute atomic E-state index is 0.0237. The molecule has 0 saturated carbocycles. The van der Waals surface area contributed by atoms with E-state index in [1.807, 2.05) is 24.3 Å². The maximum Gasteiger partial charge on any atom is 0.244 e. The molecule has 7 heteroatoms. The molecule has 2 aromatic carbocycles. The topological polar surface area (TPSA) is 65.1 Å². The highest BCUT2D eigenvalue weighted by molar-refractivity contribution is 6.10. The zero-order valence-electron chi connectivity index (χ0n) is 17.0. The molecule has 7 nitrogen and oxygen atoms in total. The van der Waals surface area contributed by atoms with Crippen molar-refractivity contribution in [3.05, 3.63) is 53.6 Å². The van der Waals surface area contributed by atoms with Crippen molar-refractivity contribution in [3.63, 3.8) is 0 Å². The van der Waals surface area contributed by atoms with Gasteiger partial charge in [0.05, 0.1) is 24.5 Å². The summed E-state index contributed by atoms with van der Waals surface area (Å²) in [5.41, 5.74) is 4.11. The average Bonchev–Trinajstić information content (AvgIpc) is 3.22. The number of carbonyl (C=O) groups is 2. The predicted octanol–water partition coefficient (Wildman–Crippen LogP) is 1.72. The van der Waals surface area contributed by atoms with Gasteiger partial charge >= 0.3 is 0 Å². The maximum absolute atomic E-state index is 12.9. The second kappa shape index (κ2) is 8.08. The molecule has 1 saturated heterocycles. The summed E-state index contributed by atoms with van der Waals surface area (Å²) in [6, 6.07) is 14.0. The summed E-state index contributed by atoms with van der Waals surface area (Å²) < 4.78 is 5.59. The highest BCUT2D eigenvalue weighted by atomic mass is 16.5. The third-order valence-corrected chi connectivity index (χ3v) is 6.06. The van der Waals surface area contributed by atoms with Crippen LogP contribution in [0.15, 0.2) is 42.5 Å². The number of piperazine rings is 1. The number of hydrogen-bond acceptors (Lipinski definition) is 5. The second-order valence-electron chi connectivity index (χ2n) is 8.14. The van der Waals surface area contributed by atoms with Crippen molar-refractivity contribution < 1.29 is 14.3 Å². The summed E-state index contributed by atoms with van der Waals surface area (Å²) >= 11 is 0. The minimum Gasteiger partial charge on any atom is -0.493 e. The van der Waals surface area contributed by atoms with Gasteiger partial charge in [0.15, 0.2) is 0 Å². The number of rotatable bonds is 4. The summed E-state index contributed by atoms with van der Waals surface area (Å²) in [7, 11) is 0. The van der Waals surface area contributed by atoms with Gasteiger partial charge in [-0.3, -0.25) is 24.3 Å². The van der Waals surface area contributed by atoms with Gasteiger partial charge in [0, 0.05) is 39.1 Å². The molecular weight excluding hydrogens is 380 g/mol. The number of nitrogens with one attached hydrogen (secondary N) is 1. The van der Waals surface area contributed by atoms with E-state index in [0.717, 1.165) is 57.2 Å². The van der Waals surface area contributed by atoms with Crippen LogP contribution in [0.1, 0.15) is 11.1 Å². The van der Waals surface area contributed by atoms with E-state index >= 15 is 0 Å². The highest BCUT2D eigenvalue weighted by Gasteiger charge is 2.28. The highest BCUT2D eigenvalue weighted by Crippen LogP contribution is 2.29. The Bertz CT molecular complexity index is 969. The summed E-state index contributed by atoms with van der Waals surface area (Å²) in [5.74, 6) is 0.853. The first-order valence-electron chi connectivity index (χ1n) is 10.5. The Morgan fingerprint density at radius 3 is 2.70 bits per heavy atom. The first kappa shape index (κ1) is 19.1. The summed E-state index contributed by atoms with van der Waals surface area (Å²) in [6.45, 7) is 5.69. The number of fused-ring (bicyclic) bond motifs is 2. The third kappa shape index (κ3) is 3.91. The molecule has 0 radical (unpaired) electrons. The lowest BCUT2D eigenvalue weighted by Gasteiger charge is -2.36. The molecule has 0 spiro atoms. The smallest absolute Gasteiger partial charge is 0.244 e. The lowest BCUT2D eigenvalue weighted by Crippen LogP contribution is -2.51. The molecule has 0 atom stereocenters. The van der Waals surface area contributed by atoms with Gasteiger partial charge in [0.25, 0.3) is 0 Å². The lowest BCUT2D eigenvalue weighted by atomic mass is 10.1. The molecule has 0 aliphatic carbocycles. The van der Waals surface area contributed by atoms with E-state index in [0.29, 0.717) is 12.2 Å². The van der Waals surface area contributed by atoms with Crippen molar-refractivity contribution in [2.24, 2.45) is 0 Å². The lowest BCUT2D eigenvalue weighted by molar-refractivity contribution is -0.123. The van der Waals surface area contributed by atoms with Crippen molar-refractivity contribution in [2.75, 3.05) is 56.1 Å². The number of para-hydroxylation sites is 2. The molecule has 156 valence electrons. The molecule has 0 unspecified atom stereocenters. The number of anilines is 2. The number of carbonyl (C=O) groups excluding carboxylic acids is 2. The van der Waals surface area contributed by atoms with Gasteiger partial charge in [-0.2, -0.15) is 0 Å². The van der Waals surface area contributed by atoms with E-state index in [1.165, 1.54) is 11.1 Å². The van der Waals surface area contributed by atoms with E-state index in [9.17, 15) is 9.59 Å². The SMILES string of the molecule is O=C1CN(C(=O)CN2CCN(Cc3ccc4c(c3)CCO4)CC2)c2ccccc2N1. The molecule has 2 amide bonds. The Morgan fingerprint density at radius 2 is 1.83 bits per heavy atom. The van der Waals surface area contributed by atoms with E-state index in [4.69, 9.17) is 4.74 Å². The number of hydrogen-bond donors (Lipinski definition) is 1. The van der Waals surface area contributed by atoms with Crippen LogP contribution in [-0.4, -0.2) is 67.5 Å². The van der Waals surface area contributed by atoms with Gasteiger partial charge in [-0.1, -0.05) is 24.3 Å². The first-order chi connectivity index (χ1) is 14.7. The van der Waals surface area contributed by atoms with Crippen LogP contribution in [0.2, 0.25) is 0 Å². The molecule has 5 rings (SSSR count). The van der Waals surface area contributed by atoms with Crippen LogP contribution >= 0.6 is 0 Å². The molecular formula is C23H26N4O3. The summed E-state index contributed by atoms with van der Waals surface area (Å²) in [4.78, 5) is 31.1. The standard InChI is InChI=1S/C23H26N4O3/c28-22-15-27(20-4-2-1-3-19(20)24-22)23(29)16-26-10-8-25(9-11-26)14-17-5-6-21-18(13-17)7-12-30-21/h1-6,13H,7-12,14-16H2,(H,24,28). The third-order valence-electron chi connectivity index (χ3n) is 6.06. The number of amides is 2. The van der Waals surface area contributed by atoms with E-state index in [-0.39, 0.29) is 18.4 Å². The predicted molar refractivity (Wildman–Crippen MR) is 115 cm³/mol. The van der Waals surface area contributed by atoms with E-state index < -0.39 is 0 Å². The van der Waals surface area contributed by atoms with Crippen molar-refractivity contribution in [1.82, 2.24) is 9.80 Å². The summed E-state index contributed by atoms with van der Waals surface area (Å²) in [6.07, 6.45) is 0.997. The fraction of sp³-hybridized carbons (Fsp3) is 0.391. The van der Waals surface area contributed by atoms with Crippen molar-refractivity contribution in [1.29, 1.82) is 0 Å². The molecule has 3 heterocycles. The van der Waals surface area contributed by atoms with Crippen LogP contribution in [0.5, 0.6) is 5.75 Å². The van der Waals surface area contributed by atoms with Gasteiger partial charge < -0.3 is 10.1 Å². The minimum atomic E-state index is -0.147. The first-order valence-corrected chi connectivity index (χ1v) is 10.5. The molecule has 0 bridgehead atoms. The van der Waals surface area contributed by atoms with Gasteiger partial charge in [0.1, 0.15) is 12.3 Å². The fourth-order valence-electron chi connectivity index (χ4n) is 4.43. The number of ether oxygens (including phenoxy) is 1. The van der Waals surface area contributed by atoms with Gasteiger partial charge in [-0.25, -0.2) is 0 Å². The quantitative estimate of drug-likeness (QED) is 0.838. The Balaban J connectivity index is 1.16. The molecule has 3 aliphatic rings. The van der Waals surface area contributed by atoms with Crippen molar-refractivity contribution >= 4 is 23.2 Å². The molecule has 3 aliphatic heterocycles. The maximum atomic E-state index is 12.9.